The first kappa shape index (κ1) is 11.0. The molecule has 3 aromatic rings. The van der Waals surface area contributed by atoms with Gasteiger partial charge in [-0.15, -0.1) is 0 Å². The Morgan fingerprint density at radius 2 is 1.61 bits per heavy atom. The summed E-state index contributed by atoms with van der Waals surface area (Å²) in [6.07, 6.45) is 1.84. The smallest absolute Gasteiger partial charge is 0.178 e. The number of nitrogens with zero attached hydrogens (tertiary/aromatic N) is 2. The molecule has 0 aliphatic carbocycles. The summed E-state index contributed by atoms with van der Waals surface area (Å²) in [7, 11) is 0. The van der Waals surface area contributed by atoms with Gasteiger partial charge in [-0.3, -0.25) is 0 Å². The molecular weight excluding hydrogens is 222 g/mol. The van der Waals surface area contributed by atoms with Crippen molar-refractivity contribution in [1.82, 2.24) is 15.0 Å². The van der Waals surface area contributed by atoms with Gasteiger partial charge in [0.05, 0.1) is 5.52 Å². The van der Waals surface area contributed by atoms with Crippen LogP contribution >= 0.6 is 0 Å². The summed E-state index contributed by atoms with van der Waals surface area (Å²) in [4.78, 5) is 12.2. The van der Waals surface area contributed by atoms with Gasteiger partial charge < -0.3 is 4.98 Å². The molecule has 90 valence electrons. The van der Waals surface area contributed by atoms with Crippen LogP contribution in [0.2, 0.25) is 0 Å². The third-order valence-corrected chi connectivity index (χ3v) is 2.97. The van der Waals surface area contributed by atoms with E-state index >= 15 is 0 Å². The number of rotatable bonds is 1. The highest BCUT2D eigenvalue weighted by atomic mass is 15.0. The monoisotopic (exact) mass is 237 g/mol. The van der Waals surface area contributed by atoms with Crippen LogP contribution in [0.15, 0.2) is 30.5 Å². The molecule has 3 rings (SSSR count). The summed E-state index contributed by atoms with van der Waals surface area (Å²) >= 11 is 0. The first-order valence-corrected chi connectivity index (χ1v) is 6.03. The van der Waals surface area contributed by atoms with Gasteiger partial charge in [0.2, 0.25) is 0 Å². The van der Waals surface area contributed by atoms with Crippen molar-refractivity contribution in [2.75, 3.05) is 0 Å². The van der Waals surface area contributed by atoms with E-state index in [0.29, 0.717) is 0 Å². The Morgan fingerprint density at radius 1 is 0.889 bits per heavy atom. The Morgan fingerprint density at radius 3 is 2.33 bits per heavy atom. The van der Waals surface area contributed by atoms with Crippen LogP contribution in [0.4, 0.5) is 0 Å². The predicted octanol–water partition coefficient (Wildman–Crippen LogP) is 3.55. The quantitative estimate of drug-likeness (QED) is 0.703. The van der Waals surface area contributed by atoms with Crippen molar-refractivity contribution in [2.45, 2.75) is 20.8 Å². The molecular formula is C15H15N3. The molecule has 18 heavy (non-hydrogen) atoms. The van der Waals surface area contributed by atoms with E-state index in [4.69, 9.17) is 0 Å². The summed E-state index contributed by atoms with van der Waals surface area (Å²) < 4.78 is 0. The number of H-pyrrole nitrogens is 1. The molecule has 3 nitrogen and oxygen atoms in total. The van der Waals surface area contributed by atoms with Crippen LogP contribution in [-0.4, -0.2) is 15.0 Å². The standard InChI is InChI=1S/C15H15N3/c1-9-4-10(2)6-12(5-9)14-17-13-7-11(3)8-16-15(13)18-14/h4-8H,1-3H3,(H,16,17,18). The van der Waals surface area contributed by atoms with Crippen molar-refractivity contribution in [3.05, 3.63) is 47.2 Å². The molecule has 1 aromatic carbocycles. The lowest BCUT2D eigenvalue weighted by Crippen LogP contribution is -1.84. The third-order valence-electron chi connectivity index (χ3n) is 2.97. The van der Waals surface area contributed by atoms with E-state index in [0.717, 1.165) is 28.1 Å². The van der Waals surface area contributed by atoms with Crippen molar-refractivity contribution in [3.63, 3.8) is 0 Å². The molecule has 0 aliphatic heterocycles. The van der Waals surface area contributed by atoms with Gasteiger partial charge in [0.25, 0.3) is 0 Å². The van der Waals surface area contributed by atoms with Crippen LogP contribution in [0, 0.1) is 20.8 Å². The number of aromatic nitrogens is 3. The summed E-state index contributed by atoms with van der Waals surface area (Å²) in [5.41, 5.74) is 6.50. The number of imidazole rings is 1. The fraction of sp³-hybridized carbons (Fsp3) is 0.200. The minimum atomic E-state index is 0.773. The van der Waals surface area contributed by atoms with E-state index in [1.807, 2.05) is 13.1 Å². The first-order chi connectivity index (χ1) is 8.61. The lowest BCUT2D eigenvalue weighted by molar-refractivity contribution is 1.27. The molecule has 0 bridgehead atoms. The summed E-state index contributed by atoms with van der Waals surface area (Å²) in [5.74, 6) is 0.884. The van der Waals surface area contributed by atoms with Gasteiger partial charge in [-0.2, -0.15) is 0 Å². The van der Waals surface area contributed by atoms with Crippen LogP contribution in [0.3, 0.4) is 0 Å². The molecule has 0 saturated carbocycles. The number of benzene rings is 1. The molecule has 0 spiro atoms. The SMILES string of the molecule is Cc1cc(C)cc(-c2nc3ncc(C)cc3[nH]2)c1. The molecule has 0 atom stereocenters. The zero-order chi connectivity index (χ0) is 12.7. The van der Waals surface area contributed by atoms with Gasteiger partial charge in [-0.25, -0.2) is 9.97 Å². The van der Waals surface area contributed by atoms with E-state index in [2.05, 4.69) is 53.1 Å². The highest BCUT2D eigenvalue weighted by molar-refractivity contribution is 5.76. The average Bonchev–Trinajstić information content (AvgIpc) is 2.70. The normalized spacial score (nSPS) is 11.1. The van der Waals surface area contributed by atoms with E-state index in [-0.39, 0.29) is 0 Å². The summed E-state index contributed by atoms with van der Waals surface area (Å²) in [6.45, 7) is 6.23. The maximum Gasteiger partial charge on any atom is 0.178 e. The van der Waals surface area contributed by atoms with E-state index in [1.54, 1.807) is 0 Å². The molecule has 2 aromatic heterocycles. The Hall–Kier alpha value is -2.16. The number of aromatic amines is 1. The van der Waals surface area contributed by atoms with Gasteiger partial charge in [0.15, 0.2) is 5.65 Å². The minimum absolute atomic E-state index is 0.773. The van der Waals surface area contributed by atoms with Gasteiger partial charge in [-0.1, -0.05) is 17.2 Å². The van der Waals surface area contributed by atoms with Gasteiger partial charge in [0.1, 0.15) is 5.82 Å². The van der Waals surface area contributed by atoms with E-state index < -0.39 is 0 Å². The number of nitrogens with one attached hydrogen (secondary N) is 1. The highest BCUT2D eigenvalue weighted by Gasteiger charge is 2.07. The number of hydrogen-bond donors (Lipinski definition) is 1. The molecule has 1 N–H and O–H groups in total. The molecule has 0 radical (unpaired) electrons. The third kappa shape index (κ3) is 1.88. The molecule has 0 aliphatic rings. The molecule has 3 heteroatoms. The highest BCUT2D eigenvalue weighted by Crippen LogP contribution is 2.22. The van der Waals surface area contributed by atoms with E-state index in [1.165, 1.54) is 11.1 Å². The topological polar surface area (TPSA) is 41.6 Å². The Balaban J connectivity index is 2.19. The molecule has 0 unspecified atom stereocenters. The van der Waals surface area contributed by atoms with Crippen LogP contribution in [0.5, 0.6) is 0 Å². The zero-order valence-electron chi connectivity index (χ0n) is 10.8. The van der Waals surface area contributed by atoms with Crippen LogP contribution in [0.25, 0.3) is 22.6 Å². The van der Waals surface area contributed by atoms with Crippen molar-refractivity contribution in [2.24, 2.45) is 0 Å². The van der Waals surface area contributed by atoms with Crippen molar-refractivity contribution < 1.29 is 0 Å². The second-order valence-corrected chi connectivity index (χ2v) is 4.85. The Kier molecular flexibility index (Phi) is 2.40. The molecule has 2 heterocycles. The van der Waals surface area contributed by atoms with Crippen molar-refractivity contribution in [1.29, 1.82) is 0 Å². The number of aryl methyl sites for hydroxylation is 3. The van der Waals surface area contributed by atoms with Crippen molar-refractivity contribution >= 4 is 11.2 Å². The molecule has 0 amide bonds. The van der Waals surface area contributed by atoms with Gasteiger partial charge in [0, 0.05) is 11.8 Å². The molecule has 0 fully saturated rings. The fourth-order valence-corrected chi connectivity index (χ4v) is 2.25. The lowest BCUT2D eigenvalue weighted by atomic mass is 10.1. The second-order valence-electron chi connectivity index (χ2n) is 4.85. The Bertz CT molecular complexity index is 705. The number of fused-ring (bicyclic) bond motifs is 1. The maximum atomic E-state index is 4.54. The van der Waals surface area contributed by atoms with Crippen LogP contribution in [0.1, 0.15) is 16.7 Å². The van der Waals surface area contributed by atoms with Gasteiger partial charge >= 0.3 is 0 Å². The number of hydrogen-bond acceptors (Lipinski definition) is 2. The summed E-state index contributed by atoms with van der Waals surface area (Å²) in [6, 6.07) is 8.51. The minimum Gasteiger partial charge on any atom is -0.337 e. The second kappa shape index (κ2) is 3.95. The van der Waals surface area contributed by atoms with Crippen molar-refractivity contribution in [3.8, 4) is 11.4 Å². The van der Waals surface area contributed by atoms with E-state index in [9.17, 15) is 0 Å². The zero-order valence-corrected chi connectivity index (χ0v) is 10.8. The maximum absolute atomic E-state index is 4.54. The van der Waals surface area contributed by atoms with Crippen LogP contribution in [-0.2, 0) is 0 Å². The largest absolute Gasteiger partial charge is 0.337 e. The first-order valence-electron chi connectivity index (χ1n) is 6.03. The number of pyridine rings is 1. The fourth-order valence-electron chi connectivity index (χ4n) is 2.25. The van der Waals surface area contributed by atoms with Gasteiger partial charge in [-0.05, 0) is 44.5 Å². The summed E-state index contributed by atoms with van der Waals surface area (Å²) in [5, 5.41) is 0. The predicted molar refractivity (Wildman–Crippen MR) is 73.5 cm³/mol. The average molecular weight is 237 g/mol. The van der Waals surface area contributed by atoms with Crippen LogP contribution < -0.4 is 0 Å². The lowest BCUT2D eigenvalue weighted by Gasteiger charge is -2.01. The Labute approximate surface area is 106 Å². The molecule has 0 saturated heterocycles.